The first kappa shape index (κ1) is 20.8. The molecule has 2 unspecified atom stereocenters. The second-order valence-corrected chi connectivity index (χ2v) is 7.97. The average Bonchev–Trinajstić information content (AvgIpc) is 2.67. The molecule has 3 rings (SSSR count). The van der Waals surface area contributed by atoms with Crippen molar-refractivity contribution in [3.8, 4) is 0 Å². The fourth-order valence-electron chi connectivity index (χ4n) is 2.83. The Labute approximate surface area is 162 Å². The van der Waals surface area contributed by atoms with E-state index in [0.29, 0.717) is 0 Å². The van der Waals surface area contributed by atoms with Gasteiger partial charge in [-0.3, -0.25) is 0 Å². The molecule has 0 saturated carbocycles. The Balaban J connectivity index is 0.00000261. The van der Waals surface area contributed by atoms with E-state index in [9.17, 15) is 8.42 Å². The predicted octanol–water partition coefficient (Wildman–Crippen LogP) is 4.35. The molecule has 0 heterocycles. The van der Waals surface area contributed by atoms with E-state index < -0.39 is 22.1 Å². The van der Waals surface area contributed by atoms with Crippen molar-refractivity contribution in [2.75, 3.05) is 0 Å². The molecule has 0 aliphatic carbocycles. The summed E-state index contributed by atoms with van der Waals surface area (Å²) in [5.74, 6) is 0. The van der Waals surface area contributed by atoms with Crippen LogP contribution in [0, 0.1) is 6.92 Å². The molecular weight excluding hydrogens is 356 g/mol. The van der Waals surface area contributed by atoms with E-state index >= 15 is 0 Å². The summed E-state index contributed by atoms with van der Waals surface area (Å²) in [6.45, 7) is 1.92. The van der Waals surface area contributed by atoms with Crippen LogP contribution < -0.4 is 10.5 Å². The maximum atomic E-state index is 12.9. The Kier molecular flexibility index (Phi) is 6.91. The van der Waals surface area contributed by atoms with Crippen molar-refractivity contribution < 1.29 is 8.42 Å². The monoisotopic (exact) mass is 382 g/mol. The minimum absolute atomic E-state index is 0. The van der Waals surface area contributed by atoms with Gasteiger partial charge in [0.25, 0.3) is 0 Å². The van der Waals surface area contributed by atoms with E-state index in [-0.39, 0.29) is 12.3 Å². The third kappa shape index (κ3) is 5.04. The van der Waals surface area contributed by atoms with Gasteiger partial charge in [-0.05, 0) is 30.2 Å². The van der Waals surface area contributed by atoms with Crippen molar-refractivity contribution in [3.05, 3.63) is 102 Å². The summed E-state index contributed by atoms with van der Waals surface area (Å²) in [6, 6.07) is 24.6. The van der Waals surface area contributed by atoms with Crippen LogP contribution in [0.5, 0.6) is 0 Å². The third-order valence-corrected chi connectivity index (χ3v) is 5.77. The van der Waals surface area contributed by atoms with Crippen LogP contribution in [0.25, 0.3) is 0 Å². The molecule has 2 atom stereocenters. The normalized spacial score (nSPS) is 13.4. The molecule has 3 aromatic rings. The minimum Gasteiger partial charge on any atom is -0.322 e. The lowest BCUT2D eigenvalue weighted by atomic mass is 9.95. The topological polar surface area (TPSA) is 72.2 Å². The van der Waals surface area contributed by atoms with E-state index in [1.54, 1.807) is 24.3 Å². The first-order valence-electron chi connectivity index (χ1n) is 8.42. The highest BCUT2D eigenvalue weighted by Gasteiger charge is 2.27. The molecule has 0 aromatic heterocycles. The molecule has 0 spiro atoms. The van der Waals surface area contributed by atoms with Crippen molar-refractivity contribution in [1.82, 2.24) is 4.72 Å². The molecule has 0 radical (unpaired) electrons. The van der Waals surface area contributed by atoms with E-state index in [1.807, 2.05) is 67.6 Å². The van der Waals surface area contributed by atoms with Crippen molar-refractivity contribution in [3.63, 3.8) is 0 Å². The van der Waals surface area contributed by atoms with Gasteiger partial charge in [-0.25, -0.2) is 13.1 Å². The lowest BCUT2D eigenvalue weighted by Gasteiger charge is -2.26. The Morgan fingerprint density at radius 1 is 0.778 bits per heavy atom. The van der Waals surface area contributed by atoms with Crippen LogP contribution in [-0.4, -0.2) is 8.42 Å². The Hall–Kier alpha value is -2.47. The van der Waals surface area contributed by atoms with E-state index in [2.05, 4.69) is 4.72 Å². The molecule has 0 bridgehead atoms. The van der Waals surface area contributed by atoms with Crippen LogP contribution in [0.2, 0.25) is 0 Å². The summed E-state index contributed by atoms with van der Waals surface area (Å²) in [5.41, 5.74) is 9.15. The van der Waals surface area contributed by atoms with Crippen LogP contribution in [-0.2, 0) is 10.0 Å². The number of rotatable bonds is 6. The number of benzene rings is 3. The quantitative estimate of drug-likeness (QED) is 0.666. The standard InChI is InChI=1S/C21H22N2O2S.CH4/c1-16-12-14-19(15-13-16)26(24,25)23-21(18-10-6-3-7-11-18)20(22)17-8-4-2-5-9-17;/h2-15,20-21,23H,22H2,1H3;1H4. The molecule has 4 nitrogen and oxygen atoms in total. The number of hydrogen-bond donors (Lipinski definition) is 2. The van der Waals surface area contributed by atoms with Gasteiger partial charge >= 0.3 is 0 Å². The summed E-state index contributed by atoms with van der Waals surface area (Å²) in [6.07, 6.45) is 0. The van der Waals surface area contributed by atoms with E-state index in [4.69, 9.17) is 5.73 Å². The van der Waals surface area contributed by atoms with Gasteiger partial charge in [0.15, 0.2) is 0 Å². The van der Waals surface area contributed by atoms with Gasteiger partial charge in [-0.1, -0.05) is 85.8 Å². The van der Waals surface area contributed by atoms with Crippen molar-refractivity contribution in [1.29, 1.82) is 0 Å². The van der Waals surface area contributed by atoms with Gasteiger partial charge in [-0.15, -0.1) is 0 Å². The van der Waals surface area contributed by atoms with Gasteiger partial charge in [0.2, 0.25) is 10.0 Å². The lowest BCUT2D eigenvalue weighted by molar-refractivity contribution is 0.504. The average molecular weight is 383 g/mol. The van der Waals surface area contributed by atoms with Crippen LogP contribution in [0.15, 0.2) is 89.8 Å². The van der Waals surface area contributed by atoms with Gasteiger partial charge < -0.3 is 5.73 Å². The van der Waals surface area contributed by atoms with Gasteiger partial charge in [0, 0.05) is 0 Å². The second-order valence-electron chi connectivity index (χ2n) is 6.26. The van der Waals surface area contributed by atoms with Crippen molar-refractivity contribution in [2.24, 2.45) is 5.73 Å². The Morgan fingerprint density at radius 2 is 1.26 bits per heavy atom. The highest BCUT2D eigenvalue weighted by atomic mass is 32.2. The number of hydrogen-bond acceptors (Lipinski definition) is 3. The number of aryl methyl sites for hydroxylation is 1. The van der Waals surface area contributed by atoms with Crippen LogP contribution >= 0.6 is 0 Å². The van der Waals surface area contributed by atoms with Crippen molar-refractivity contribution in [2.45, 2.75) is 31.3 Å². The molecule has 5 heteroatoms. The Bertz CT molecular complexity index is 941. The lowest BCUT2D eigenvalue weighted by Crippen LogP contribution is -2.36. The smallest absolute Gasteiger partial charge is 0.241 e. The molecule has 0 fully saturated rings. The fourth-order valence-corrected chi connectivity index (χ4v) is 4.08. The fraction of sp³-hybridized carbons (Fsp3) is 0.182. The Morgan fingerprint density at radius 3 is 1.78 bits per heavy atom. The molecule has 0 aliphatic heterocycles. The van der Waals surface area contributed by atoms with E-state index in [1.165, 1.54) is 0 Å². The summed E-state index contributed by atoms with van der Waals surface area (Å²) in [5, 5.41) is 0. The zero-order chi connectivity index (χ0) is 18.6. The van der Waals surface area contributed by atoms with Gasteiger partial charge in [0.1, 0.15) is 0 Å². The second kappa shape index (κ2) is 8.95. The number of nitrogens with two attached hydrogens (primary N) is 1. The molecule has 0 saturated heterocycles. The van der Waals surface area contributed by atoms with Crippen LogP contribution in [0.1, 0.15) is 36.2 Å². The first-order valence-corrected chi connectivity index (χ1v) is 9.90. The third-order valence-electron chi connectivity index (χ3n) is 4.32. The minimum atomic E-state index is -3.71. The highest BCUT2D eigenvalue weighted by Crippen LogP contribution is 2.28. The number of sulfonamides is 1. The predicted molar refractivity (Wildman–Crippen MR) is 111 cm³/mol. The zero-order valence-electron chi connectivity index (χ0n) is 14.5. The summed E-state index contributed by atoms with van der Waals surface area (Å²) < 4.78 is 28.6. The largest absolute Gasteiger partial charge is 0.322 e. The van der Waals surface area contributed by atoms with Crippen molar-refractivity contribution >= 4 is 10.0 Å². The molecule has 0 aliphatic rings. The molecular formula is C22H26N2O2S. The zero-order valence-corrected chi connectivity index (χ0v) is 15.4. The molecule has 27 heavy (non-hydrogen) atoms. The van der Waals surface area contributed by atoms with Gasteiger partial charge in [-0.2, -0.15) is 0 Å². The highest BCUT2D eigenvalue weighted by molar-refractivity contribution is 7.89. The summed E-state index contributed by atoms with van der Waals surface area (Å²) in [7, 11) is -3.71. The molecule has 0 amide bonds. The first-order chi connectivity index (χ1) is 12.5. The van der Waals surface area contributed by atoms with E-state index in [0.717, 1.165) is 16.7 Å². The van der Waals surface area contributed by atoms with Gasteiger partial charge in [0.05, 0.1) is 17.0 Å². The SMILES string of the molecule is C.Cc1ccc(S(=O)(=O)NC(c2ccccc2)C(N)c2ccccc2)cc1. The molecule has 3 N–H and O–H groups in total. The summed E-state index contributed by atoms with van der Waals surface area (Å²) >= 11 is 0. The summed E-state index contributed by atoms with van der Waals surface area (Å²) in [4.78, 5) is 0.226. The molecule has 142 valence electrons. The number of nitrogens with one attached hydrogen (secondary N) is 1. The maximum absolute atomic E-state index is 12.9. The van der Waals surface area contributed by atoms with Crippen LogP contribution in [0.4, 0.5) is 0 Å². The maximum Gasteiger partial charge on any atom is 0.241 e. The van der Waals surface area contributed by atoms with Crippen LogP contribution in [0.3, 0.4) is 0 Å². The molecule has 3 aromatic carbocycles.